The molecule has 3 rings (SSSR count). The molecule has 0 aliphatic carbocycles. The fraction of sp³-hybridized carbons (Fsp3) is 0.200. The van der Waals surface area contributed by atoms with Gasteiger partial charge in [0.1, 0.15) is 0 Å². The van der Waals surface area contributed by atoms with Crippen LogP contribution in [-0.4, -0.2) is 11.9 Å². The minimum Gasteiger partial charge on any atom is -0.748 e. The second-order valence-corrected chi connectivity index (χ2v) is 4.15. The van der Waals surface area contributed by atoms with E-state index in [-0.39, 0.29) is 35.4 Å². The monoisotopic (exact) mass is 298 g/mol. The summed E-state index contributed by atoms with van der Waals surface area (Å²) in [6.07, 6.45) is 0.835. The molecule has 0 spiro atoms. The van der Waals surface area contributed by atoms with Crippen LogP contribution in [0, 0.1) is 5.92 Å². The molecule has 2 aromatic rings. The Morgan fingerprint density at radius 1 is 1.11 bits per heavy atom. The Labute approximate surface area is 122 Å². The summed E-state index contributed by atoms with van der Waals surface area (Å²) >= 11 is 0. The predicted octanol–water partition coefficient (Wildman–Crippen LogP) is 2.44. The van der Waals surface area contributed by atoms with Crippen LogP contribution in [-0.2, 0) is 37.8 Å². The van der Waals surface area contributed by atoms with Gasteiger partial charge in [-0.05, 0) is 0 Å². The summed E-state index contributed by atoms with van der Waals surface area (Å²) in [7, 11) is 0. The van der Waals surface area contributed by atoms with E-state index in [4.69, 9.17) is 0 Å². The van der Waals surface area contributed by atoms with Crippen molar-refractivity contribution in [1.82, 2.24) is 0 Å². The zero-order valence-corrected chi connectivity index (χ0v) is 11.4. The molecule has 3 nitrogen and oxygen atoms in total. The molecule has 1 unspecified atom stereocenters. The van der Waals surface area contributed by atoms with Crippen molar-refractivity contribution < 1.29 is 31.4 Å². The molecule has 0 saturated carbocycles. The van der Waals surface area contributed by atoms with Crippen molar-refractivity contribution in [1.29, 1.82) is 0 Å². The van der Waals surface area contributed by atoms with Gasteiger partial charge in [-0.1, -0.05) is 6.42 Å². The van der Waals surface area contributed by atoms with Crippen LogP contribution in [0.1, 0.15) is 12.0 Å². The van der Waals surface area contributed by atoms with E-state index in [1.54, 1.807) is 0 Å². The molecule has 0 N–H and O–H groups in total. The van der Waals surface area contributed by atoms with Crippen LogP contribution in [0.4, 0.5) is 0 Å². The minimum absolute atomic E-state index is 0. The number of hydrogen-bond donors (Lipinski definition) is 0. The number of carbonyl (C=O) groups excluding carboxylic acids is 2. The zero-order chi connectivity index (χ0) is 12.8. The molecule has 1 atom stereocenters. The van der Waals surface area contributed by atoms with Gasteiger partial charge in [0.2, 0.25) is 0 Å². The van der Waals surface area contributed by atoms with Gasteiger partial charge in [-0.15, -0.1) is 0 Å². The Morgan fingerprint density at radius 2 is 1.63 bits per heavy atom. The number of esters is 2. The van der Waals surface area contributed by atoms with E-state index in [0.717, 1.165) is 5.56 Å². The molecule has 0 radical (unpaired) electrons. The first-order valence-corrected chi connectivity index (χ1v) is 5.87. The molecule has 19 heavy (non-hydrogen) atoms. The van der Waals surface area contributed by atoms with Crippen LogP contribution in [0.3, 0.4) is 0 Å². The largest absolute Gasteiger partial charge is 0.748 e. The molecule has 4 heteroatoms. The Hall–Kier alpha value is -1.64. The van der Waals surface area contributed by atoms with Crippen LogP contribution >= 0.6 is 0 Å². The van der Waals surface area contributed by atoms with Gasteiger partial charge >= 0.3 is 11.9 Å². The van der Waals surface area contributed by atoms with E-state index in [0.29, 0.717) is 6.42 Å². The van der Waals surface area contributed by atoms with Gasteiger partial charge in [0.15, 0.2) is 0 Å². The first kappa shape index (κ1) is 15.4. The molecule has 1 aliphatic rings. The zero-order valence-electron chi connectivity index (χ0n) is 10.3. The van der Waals surface area contributed by atoms with Crippen LogP contribution in [0.2, 0.25) is 0 Å². The summed E-state index contributed by atoms with van der Waals surface area (Å²) in [6, 6.07) is 17.7. The average molecular weight is 298 g/mol. The quantitative estimate of drug-likeness (QED) is 0.370. The van der Waals surface area contributed by atoms with Crippen molar-refractivity contribution in [2.45, 2.75) is 12.8 Å². The summed E-state index contributed by atoms with van der Waals surface area (Å²) in [5.74, 6) is -1.05. The standard InChI is InChI=1S/C10H9O3.C5H5.Fe/c11-9-6-8(10(12)13-9)5-7-3-1-2-4-7;1-2-4-5-3-1;/h1-4,8H,5-6H2;1-5H;/q-1;-5;. The van der Waals surface area contributed by atoms with Crippen LogP contribution < -0.4 is 0 Å². The second kappa shape index (κ2) is 7.72. The number of ether oxygens (including phenoxy) is 1. The fourth-order valence-electron chi connectivity index (χ4n) is 1.83. The molecule has 0 amide bonds. The smallest absolute Gasteiger partial charge is 0.316 e. The van der Waals surface area contributed by atoms with Crippen molar-refractivity contribution in [2.24, 2.45) is 5.92 Å². The molecule has 0 aromatic heterocycles. The van der Waals surface area contributed by atoms with Gasteiger partial charge in [0.05, 0.1) is 12.3 Å². The Kier molecular flexibility index (Phi) is 6.26. The fourth-order valence-corrected chi connectivity index (χ4v) is 1.83. The van der Waals surface area contributed by atoms with Gasteiger partial charge in [-0.2, -0.15) is 17.7 Å². The summed E-state index contributed by atoms with van der Waals surface area (Å²) in [6.45, 7) is 0. The van der Waals surface area contributed by atoms with Crippen LogP contribution in [0.25, 0.3) is 0 Å². The first-order valence-electron chi connectivity index (χ1n) is 5.87. The van der Waals surface area contributed by atoms with Gasteiger partial charge < -0.3 is 35.1 Å². The van der Waals surface area contributed by atoms with Gasteiger partial charge in [-0.25, -0.2) is 12.1 Å². The Balaban J connectivity index is 0.000000256. The number of rotatable bonds is 2. The molecule has 1 heterocycles. The third-order valence-electron chi connectivity index (χ3n) is 2.73. The molecular formula is C15H14FeO3-6. The molecule has 2 aromatic carbocycles. The maximum absolute atomic E-state index is 11.1. The van der Waals surface area contributed by atoms with E-state index in [1.165, 1.54) is 0 Å². The van der Waals surface area contributed by atoms with Crippen LogP contribution in [0.5, 0.6) is 0 Å². The van der Waals surface area contributed by atoms with Gasteiger partial charge in [0, 0.05) is 17.1 Å². The summed E-state index contributed by atoms with van der Waals surface area (Å²) in [5, 5.41) is 0. The van der Waals surface area contributed by atoms with E-state index in [1.807, 2.05) is 54.6 Å². The summed E-state index contributed by atoms with van der Waals surface area (Å²) in [4.78, 5) is 21.8. The van der Waals surface area contributed by atoms with E-state index in [9.17, 15) is 9.59 Å². The van der Waals surface area contributed by atoms with E-state index < -0.39 is 5.97 Å². The number of carbonyl (C=O) groups is 2. The van der Waals surface area contributed by atoms with E-state index in [2.05, 4.69) is 4.74 Å². The summed E-state index contributed by atoms with van der Waals surface area (Å²) < 4.78 is 4.44. The number of cyclic esters (lactones) is 2. The van der Waals surface area contributed by atoms with Crippen molar-refractivity contribution in [3.05, 3.63) is 60.2 Å². The third-order valence-corrected chi connectivity index (χ3v) is 2.73. The molecule has 106 valence electrons. The molecule has 1 fully saturated rings. The second-order valence-electron chi connectivity index (χ2n) is 4.15. The van der Waals surface area contributed by atoms with Crippen molar-refractivity contribution in [3.63, 3.8) is 0 Å². The maximum atomic E-state index is 11.1. The Morgan fingerprint density at radius 3 is 2.05 bits per heavy atom. The van der Waals surface area contributed by atoms with Crippen LogP contribution in [0.15, 0.2) is 54.6 Å². The maximum Gasteiger partial charge on any atom is 0.316 e. The topological polar surface area (TPSA) is 43.4 Å². The normalized spacial score (nSPS) is 17.2. The third kappa shape index (κ3) is 4.85. The average Bonchev–Trinajstić information content (AvgIpc) is 3.06. The molecule has 0 bridgehead atoms. The van der Waals surface area contributed by atoms with Crippen molar-refractivity contribution in [3.8, 4) is 0 Å². The number of hydrogen-bond acceptors (Lipinski definition) is 3. The van der Waals surface area contributed by atoms with E-state index >= 15 is 0 Å². The first-order chi connectivity index (χ1) is 8.75. The molecular weight excluding hydrogens is 284 g/mol. The van der Waals surface area contributed by atoms with Crippen molar-refractivity contribution in [2.75, 3.05) is 0 Å². The minimum atomic E-state index is -0.401. The van der Waals surface area contributed by atoms with Gasteiger partial charge in [-0.3, -0.25) is 9.59 Å². The summed E-state index contributed by atoms with van der Waals surface area (Å²) in [5.41, 5.74) is 1.08. The molecule has 1 aliphatic heterocycles. The Bertz CT molecular complexity index is 468. The van der Waals surface area contributed by atoms with Crippen molar-refractivity contribution >= 4 is 11.9 Å². The predicted molar refractivity (Wildman–Crippen MR) is 67.0 cm³/mol. The molecule has 1 saturated heterocycles. The SMILES string of the molecule is O=C1CC(C[c-]2cccc2)C(=O)O1.[Fe].[cH-]1[cH-][cH-][cH-][cH-]1. The van der Waals surface area contributed by atoms with Gasteiger partial charge in [0.25, 0.3) is 0 Å².